The number of anilines is 1. The lowest BCUT2D eigenvalue weighted by Gasteiger charge is -2.34. The molecule has 32 heavy (non-hydrogen) atoms. The number of nitrogens with two attached hydrogens (primary N) is 3. The first-order chi connectivity index (χ1) is 15.4. The van der Waals surface area contributed by atoms with E-state index in [0.29, 0.717) is 23.0 Å². The van der Waals surface area contributed by atoms with E-state index in [-0.39, 0.29) is 36.6 Å². The van der Waals surface area contributed by atoms with Gasteiger partial charge < -0.3 is 27.6 Å². The number of aliphatic imine (C=N–C) groups is 1. The maximum atomic E-state index is 13.8. The van der Waals surface area contributed by atoms with Crippen LogP contribution in [0.4, 0.5) is 5.69 Å². The van der Waals surface area contributed by atoms with Crippen LogP contribution in [0.15, 0.2) is 28.1 Å². The van der Waals surface area contributed by atoms with E-state index < -0.39 is 39.9 Å². The van der Waals surface area contributed by atoms with Gasteiger partial charge in [-0.25, -0.2) is 17.5 Å². The van der Waals surface area contributed by atoms with Gasteiger partial charge >= 0.3 is 5.97 Å². The fourth-order valence-corrected chi connectivity index (χ4v) is 5.50. The smallest absolute Gasteiger partial charge is 0.328 e. The van der Waals surface area contributed by atoms with Crippen molar-refractivity contribution in [2.24, 2.45) is 34.0 Å². The molecule has 0 radical (unpaired) electrons. The van der Waals surface area contributed by atoms with Crippen LogP contribution >= 0.6 is 0 Å². The number of amides is 1. The summed E-state index contributed by atoms with van der Waals surface area (Å²) < 4.78 is 35.4. The fraction of sp³-hybridized carbons (Fsp3) is 0.550. The number of carbonyl (C=O) groups is 2. The first kappa shape index (κ1) is 23.8. The maximum absolute atomic E-state index is 13.8. The van der Waals surface area contributed by atoms with Gasteiger partial charge in [0.15, 0.2) is 5.96 Å². The number of para-hydroxylation sites is 1. The first-order valence-electron chi connectivity index (χ1n) is 10.9. The van der Waals surface area contributed by atoms with Crippen LogP contribution in [0.5, 0.6) is 0 Å². The van der Waals surface area contributed by atoms with Gasteiger partial charge in [-0.05, 0) is 30.4 Å². The largest absolute Gasteiger partial charge is 0.480 e. The van der Waals surface area contributed by atoms with Crippen LogP contribution in [0, 0.1) is 11.8 Å². The molecule has 0 saturated carbocycles. The minimum absolute atomic E-state index is 0.137. The number of benzene rings is 1. The molecule has 0 bridgehead atoms. The molecule has 0 fully saturated rings. The number of carboxylic acids is 1. The standard InChI is InChI=1S/C20H32N6O5S/c1-4-14(21)18(27)26(17(19(28)29)12(3)10-25-20(22)23)32(30,31)15-7-5-6-13-8-11(2)9-24-16(13)15/h5-7,11-12,14,17,24H,4,8-10,21H2,1-3H3,(H,28,29)(H4,22,23,25)/t11?,12?,14?,17-/m0/s1/i1D. The molecule has 3 unspecified atom stereocenters. The van der Waals surface area contributed by atoms with Crippen LogP contribution in [0.25, 0.3) is 0 Å². The highest BCUT2D eigenvalue weighted by atomic mass is 32.2. The van der Waals surface area contributed by atoms with E-state index in [1.165, 1.54) is 13.0 Å². The number of fused-ring (bicyclic) bond motifs is 1. The van der Waals surface area contributed by atoms with Gasteiger partial charge in [0, 0.05) is 20.4 Å². The molecule has 1 aromatic rings. The Balaban J connectivity index is 2.67. The summed E-state index contributed by atoms with van der Waals surface area (Å²) in [6.45, 7) is 3.50. The van der Waals surface area contributed by atoms with Crippen molar-refractivity contribution >= 4 is 33.5 Å². The fourth-order valence-electron chi connectivity index (χ4n) is 3.61. The number of nitrogens with zero attached hydrogens (tertiary/aromatic N) is 2. The molecule has 0 aliphatic carbocycles. The van der Waals surface area contributed by atoms with Gasteiger partial charge in [-0.3, -0.25) is 9.79 Å². The molecule has 1 aliphatic rings. The number of carbonyl (C=O) groups excluding carboxylic acids is 1. The normalized spacial score (nSPS) is 18.8. The lowest BCUT2D eigenvalue weighted by atomic mass is 9.96. The number of carboxylic acid groups (broad SMARTS) is 1. The van der Waals surface area contributed by atoms with E-state index in [1.807, 2.05) is 6.92 Å². The Morgan fingerprint density at radius 2 is 2.09 bits per heavy atom. The van der Waals surface area contributed by atoms with Crippen LogP contribution < -0.4 is 22.5 Å². The van der Waals surface area contributed by atoms with Crippen LogP contribution in [0.2, 0.25) is 0 Å². The second-order valence-electron chi connectivity index (χ2n) is 8.04. The Morgan fingerprint density at radius 1 is 1.41 bits per heavy atom. The number of rotatable bonds is 9. The molecule has 178 valence electrons. The Bertz CT molecular complexity index is 1010. The van der Waals surface area contributed by atoms with E-state index in [4.69, 9.17) is 18.6 Å². The van der Waals surface area contributed by atoms with Crippen LogP contribution in [-0.4, -0.2) is 60.8 Å². The molecule has 1 heterocycles. The SMILES string of the molecule is [2H]CCC(N)C(=O)N([C@H](C(=O)O)C(C)CN=C(N)N)S(=O)(=O)c1cccc2c1NCC(C)C2. The van der Waals surface area contributed by atoms with E-state index in [9.17, 15) is 23.1 Å². The minimum atomic E-state index is -4.66. The highest BCUT2D eigenvalue weighted by Gasteiger charge is 2.45. The first-order valence-corrected chi connectivity index (χ1v) is 11.6. The lowest BCUT2D eigenvalue weighted by molar-refractivity contribution is -0.148. The van der Waals surface area contributed by atoms with Gasteiger partial charge in [-0.1, -0.05) is 32.9 Å². The van der Waals surface area contributed by atoms with Crippen LogP contribution in [0.3, 0.4) is 0 Å². The van der Waals surface area contributed by atoms with Gasteiger partial charge in [0.05, 0.1) is 11.7 Å². The highest BCUT2D eigenvalue weighted by molar-refractivity contribution is 7.90. The highest BCUT2D eigenvalue weighted by Crippen LogP contribution is 2.34. The molecular weight excluding hydrogens is 436 g/mol. The van der Waals surface area contributed by atoms with Gasteiger partial charge in [-0.15, -0.1) is 0 Å². The summed E-state index contributed by atoms with van der Waals surface area (Å²) >= 11 is 0. The quantitative estimate of drug-likeness (QED) is 0.242. The summed E-state index contributed by atoms with van der Waals surface area (Å²) in [4.78, 5) is 29.1. The number of aliphatic carboxylic acids is 1. The van der Waals surface area contributed by atoms with E-state index in [1.54, 1.807) is 12.1 Å². The lowest BCUT2D eigenvalue weighted by Crippen LogP contribution is -2.56. The Hall–Kier alpha value is -2.86. The average Bonchev–Trinajstić information content (AvgIpc) is 2.74. The zero-order chi connectivity index (χ0) is 24.9. The van der Waals surface area contributed by atoms with E-state index in [2.05, 4.69) is 10.3 Å². The zero-order valence-corrected chi connectivity index (χ0v) is 19.0. The van der Waals surface area contributed by atoms with Crippen molar-refractivity contribution in [1.29, 1.82) is 0 Å². The predicted octanol–water partition coefficient (Wildman–Crippen LogP) is -0.0920. The minimum Gasteiger partial charge on any atom is -0.480 e. The number of guanidine groups is 1. The molecular formula is C20H32N6O5S. The molecule has 8 N–H and O–H groups in total. The van der Waals surface area contributed by atoms with Crippen molar-refractivity contribution in [2.45, 2.75) is 50.6 Å². The molecule has 0 aromatic heterocycles. The van der Waals surface area contributed by atoms with Gasteiger partial charge in [0.25, 0.3) is 15.9 Å². The Kier molecular flexibility index (Phi) is 7.56. The third-order valence-corrected chi connectivity index (χ3v) is 7.12. The van der Waals surface area contributed by atoms with Gasteiger partial charge in [0.1, 0.15) is 10.9 Å². The third kappa shape index (κ3) is 5.30. The molecule has 12 heteroatoms. The number of nitrogens with one attached hydrogen (secondary N) is 1. The number of hydrogen-bond acceptors (Lipinski definition) is 7. The molecule has 11 nitrogen and oxygen atoms in total. The summed E-state index contributed by atoms with van der Waals surface area (Å²) in [5.74, 6) is -3.65. The van der Waals surface area contributed by atoms with Crippen LogP contribution in [0.1, 0.15) is 34.1 Å². The molecule has 0 spiro atoms. The summed E-state index contributed by atoms with van der Waals surface area (Å²) in [7, 11) is -4.66. The number of sulfonamides is 1. The molecule has 0 saturated heterocycles. The maximum Gasteiger partial charge on any atom is 0.328 e. The Morgan fingerprint density at radius 3 is 2.69 bits per heavy atom. The van der Waals surface area contributed by atoms with E-state index >= 15 is 0 Å². The molecule has 2 rings (SSSR count). The summed E-state index contributed by atoms with van der Waals surface area (Å²) in [6, 6.07) is 1.47. The zero-order valence-electron chi connectivity index (χ0n) is 19.2. The van der Waals surface area contributed by atoms with Crippen molar-refractivity contribution in [3.05, 3.63) is 23.8 Å². The van der Waals surface area contributed by atoms with Gasteiger partial charge in [-0.2, -0.15) is 0 Å². The van der Waals surface area contributed by atoms with Crippen molar-refractivity contribution in [3.63, 3.8) is 0 Å². The number of hydrogen-bond donors (Lipinski definition) is 5. The van der Waals surface area contributed by atoms with Gasteiger partial charge in [0.2, 0.25) is 0 Å². The van der Waals surface area contributed by atoms with E-state index in [0.717, 1.165) is 5.56 Å². The van der Waals surface area contributed by atoms with Crippen molar-refractivity contribution in [1.82, 2.24) is 4.31 Å². The average molecular weight is 470 g/mol. The summed E-state index contributed by atoms with van der Waals surface area (Å²) in [5, 5.41) is 13.1. The van der Waals surface area contributed by atoms with Crippen molar-refractivity contribution in [3.8, 4) is 0 Å². The van der Waals surface area contributed by atoms with Crippen LogP contribution in [-0.2, 0) is 26.0 Å². The predicted molar refractivity (Wildman–Crippen MR) is 121 cm³/mol. The summed E-state index contributed by atoms with van der Waals surface area (Å²) in [6.07, 6.45) is 0.489. The third-order valence-electron chi connectivity index (χ3n) is 5.30. The molecule has 4 atom stereocenters. The monoisotopic (exact) mass is 469 g/mol. The molecule has 1 aromatic carbocycles. The molecule has 1 amide bonds. The van der Waals surface area contributed by atoms with Crippen molar-refractivity contribution < 1.29 is 24.5 Å². The summed E-state index contributed by atoms with van der Waals surface area (Å²) in [5.41, 5.74) is 17.6. The second kappa shape index (κ2) is 10.2. The molecule has 1 aliphatic heterocycles. The second-order valence-corrected chi connectivity index (χ2v) is 9.82. The topological polar surface area (TPSA) is 194 Å². The Labute approximate surface area is 189 Å². The van der Waals surface area contributed by atoms with Crippen molar-refractivity contribution in [2.75, 3.05) is 18.4 Å².